The maximum atomic E-state index is 12.3. The fraction of sp³-hybridized carbons (Fsp3) is 0.667. The van der Waals surface area contributed by atoms with Crippen molar-refractivity contribution in [2.45, 2.75) is 25.4 Å². The Kier molecular flexibility index (Phi) is 4.57. The van der Waals surface area contributed by atoms with Crippen LogP contribution in [0.5, 0.6) is 0 Å². The molecule has 0 amide bonds. The molecular formula is C12H17F3N4. The van der Waals surface area contributed by atoms with Gasteiger partial charge in [-0.25, -0.2) is 0 Å². The van der Waals surface area contributed by atoms with Crippen LogP contribution in [0.25, 0.3) is 0 Å². The Labute approximate surface area is 109 Å². The number of aromatic nitrogens is 2. The average molecular weight is 274 g/mol. The average Bonchev–Trinajstić information content (AvgIpc) is 2.39. The highest BCUT2D eigenvalue weighted by Crippen LogP contribution is 2.27. The summed E-state index contributed by atoms with van der Waals surface area (Å²) >= 11 is 0. The predicted octanol–water partition coefficient (Wildman–Crippen LogP) is 2.30. The van der Waals surface area contributed by atoms with Crippen molar-refractivity contribution in [3.63, 3.8) is 0 Å². The first-order valence-corrected chi connectivity index (χ1v) is 6.41. The van der Waals surface area contributed by atoms with Crippen LogP contribution in [0.1, 0.15) is 25.0 Å². The molecule has 1 atom stereocenters. The van der Waals surface area contributed by atoms with E-state index >= 15 is 0 Å². The van der Waals surface area contributed by atoms with Crippen molar-refractivity contribution >= 4 is 5.82 Å². The second-order valence-electron chi connectivity index (χ2n) is 4.73. The summed E-state index contributed by atoms with van der Waals surface area (Å²) in [5, 5.41) is 13.0. The molecule has 0 aliphatic carbocycles. The van der Waals surface area contributed by atoms with E-state index in [-0.39, 0.29) is 0 Å². The van der Waals surface area contributed by atoms with Crippen molar-refractivity contribution in [1.82, 2.24) is 15.5 Å². The zero-order valence-electron chi connectivity index (χ0n) is 10.5. The molecule has 0 aromatic carbocycles. The van der Waals surface area contributed by atoms with Crippen molar-refractivity contribution in [2.24, 2.45) is 5.92 Å². The van der Waals surface area contributed by atoms with Gasteiger partial charge in [0, 0.05) is 6.54 Å². The zero-order valence-corrected chi connectivity index (χ0v) is 10.5. The highest BCUT2D eigenvalue weighted by molar-refractivity contribution is 5.33. The molecule has 1 aromatic rings. The first-order valence-electron chi connectivity index (χ1n) is 6.41. The van der Waals surface area contributed by atoms with Gasteiger partial charge in [0.15, 0.2) is 5.69 Å². The Morgan fingerprint density at radius 3 is 2.74 bits per heavy atom. The molecule has 2 N–H and O–H groups in total. The van der Waals surface area contributed by atoms with Crippen molar-refractivity contribution in [1.29, 1.82) is 0 Å². The first kappa shape index (κ1) is 14.0. The highest BCUT2D eigenvalue weighted by atomic mass is 19.4. The molecule has 0 radical (unpaired) electrons. The van der Waals surface area contributed by atoms with Gasteiger partial charge in [-0.05, 0) is 50.4 Å². The fourth-order valence-corrected chi connectivity index (χ4v) is 2.15. The lowest BCUT2D eigenvalue weighted by Crippen LogP contribution is -2.30. The molecule has 1 saturated heterocycles. The lowest BCUT2D eigenvalue weighted by Gasteiger charge is -2.22. The summed E-state index contributed by atoms with van der Waals surface area (Å²) in [6.45, 7) is 2.79. The van der Waals surface area contributed by atoms with Crippen LogP contribution in [0.2, 0.25) is 0 Å². The second-order valence-corrected chi connectivity index (χ2v) is 4.73. The molecule has 1 fully saturated rings. The van der Waals surface area contributed by atoms with Crippen molar-refractivity contribution in [2.75, 3.05) is 25.0 Å². The Bertz CT molecular complexity index is 385. The molecule has 4 nitrogen and oxygen atoms in total. The van der Waals surface area contributed by atoms with Gasteiger partial charge in [0.05, 0.1) is 0 Å². The maximum absolute atomic E-state index is 12.3. The summed E-state index contributed by atoms with van der Waals surface area (Å²) in [4.78, 5) is 0. The summed E-state index contributed by atoms with van der Waals surface area (Å²) in [5.41, 5.74) is -0.963. The predicted molar refractivity (Wildman–Crippen MR) is 65.7 cm³/mol. The molecule has 1 unspecified atom stereocenters. The van der Waals surface area contributed by atoms with E-state index in [1.165, 1.54) is 18.9 Å². The van der Waals surface area contributed by atoms with E-state index < -0.39 is 11.9 Å². The van der Waals surface area contributed by atoms with E-state index in [2.05, 4.69) is 20.8 Å². The zero-order chi connectivity index (χ0) is 13.7. The van der Waals surface area contributed by atoms with Crippen LogP contribution in [0.4, 0.5) is 19.0 Å². The third-order valence-electron chi connectivity index (χ3n) is 3.21. The SMILES string of the molecule is FC(F)(F)c1ccc(NCCC2CCCNC2)nn1. The van der Waals surface area contributed by atoms with Gasteiger partial charge in [-0.15, -0.1) is 10.2 Å². The Morgan fingerprint density at radius 1 is 1.32 bits per heavy atom. The monoisotopic (exact) mass is 274 g/mol. The molecule has 2 rings (SSSR count). The van der Waals surface area contributed by atoms with Crippen LogP contribution < -0.4 is 10.6 Å². The van der Waals surface area contributed by atoms with Gasteiger partial charge in [0.2, 0.25) is 0 Å². The fourth-order valence-electron chi connectivity index (χ4n) is 2.15. The van der Waals surface area contributed by atoms with Gasteiger partial charge in [0.1, 0.15) is 5.82 Å². The van der Waals surface area contributed by atoms with E-state index in [9.17, 15) is 13.2 Å². The molecule has 19 heavy (non-hydrogen) atoms. The highest BCUT2D eigenvalue weighted by Gasteiger charge is 2.32. The van der Waals surface area contributed by atoms with Crippen molar-refractivity contribution in [3.8, 4) is 0 Å². The molecule has 0 bridgehead atoms. The number of halogens is 3. The van der Waals surface area contributed by atoms with Crippen LogP contribution in [0.3, 0.4) is 0 Å². The van der Waals surface area contributed by atoms with E-state index in [1.54, 1.807) is 0 Å². The van der Waals surface area contributed by atoms with Gasteiger partial charge < -0.3 is 10.6 Å². The summed E-state index contributed by atoms with van der Waals surface area (Å²) in [7, 11) is 0. The topological polar surface area (TPSA) is 49.8 Å². The molecule has 1 aliphatic rings. The molecule has 0 saturated carbocycles. The summed E-state index contributed by atoms with van der Waals surface area (Å²) < 4.78 is 36.9. The number of rotatable bonds is 4. The minimum Gasteiger partial charge on any atom is -0.369 e. The number of anilines is 1. The number of nitrogens with zero attached hydrogens (tertiary/aromatic N) is 2. The largest absolute Gasteiger partial charge is 0.435 e. The number of nitrogens with one attached hydrogen (secondary N) is 2. The van der Waals surface area contributed by atoms with E-state index in [0.717, 1.165) is 25.6 Å². The summed E-state index contributed by atoms with van der Waals surface area (Å²) in [6.07, 6.45) is -1.06. The van der Waals surface area contributed by atoms with Gasteiger partial charge in [-0.1, -0.05) is 0 Å². The van der Waals surface area contributed by atoms with Crippen LogP contribution in [-0.2, 0) is 6.18 Å². The number of piperidine rings is 1. The smallest absolute Gasteiger partial charge is 0.369 e. The molecule has 0 spiro atoms. The molecule has 7 heteroatoms. The van der Waals surface area contributed by atoms with Gasteiger partial charge in [0.25, 0.3) is 0 Å². The first-order chi connectivity index (χ1) is 9.05. The summed E-state index contributed by atoms with van der Waals surface area (Å²) in [6, 6.07) is 2.26. The normalized spacial score (nSPS) is 20.3. The van der Waals surface area contributed by atoms with Gasteiger partial charge >= 0.3 is 6.18 Å². The van der Waals surface area contributed by atoms with Crippen LogP contribution in [0, 0.1) is 5.92 Å². The summed E-state index contributed by atoms with van der Waals surface area (Å²) in [5.74, 6) is 1.01. The maximum Gasteiger partial charge on any atom is 0.435 e. The molecule has 1 aromatic heterocycles. The third kappa shape index (κ3) is 4.34. The molecule has 2 heterocycles. The minimum absolute atomic E-state index is 0.386. The van der Waals surface area contributed by atoms with E-state index in [0.29, 0.717) is 18.3 Å². The molecule has 1 aliphatic heterocycles. The van der Waals surface area contributed by atoms with Gasteiger partial charge in [-0.3, -0.25) is 0 Å². The second kappa shape index (κ2) is 6.18. The van der Waals surface area contributed by atoms with Crippen molar-refractivity contribution < 1.29 is 13.2 Å². The van der Waals surface area contributed by atoms with Crippen molar-refractivity contribution in [3.05, 3.63) is 17.8 Å². The lowest BCUT2D eigenvalue weighted by atomic mass is 9.96. The minimum atomic E-state index is -4.43. The quantitative estimate of drug-likeness (QED) is 0.884. The Hall–Kier alpha value is -1.37. The van der Waals surface area contributed by atoms with Crippen LogP contribution >= 0.6 is 0 Å². The lowest BCUT2D eigenvalue weighted by molar-refractivity contribution is -0.141. The van der Waals surface area contributed by atoms with E-state index in [4.69, 9.17) is 0 Å². The molecular weight excluding hydrogens is 257 g/mol. The third-order valence-corrected chi connectivity index (χ3v) is 3.21. The number of hydrogen-bond donors (Lipinski definition) is 2. The number of alkyl halides is 3. The Morgan fingerprint density at radius 2 is 2.16 bits per heavy atom. The Balaban J connectivity index is 1.76. The van der Waals surface area contributed by atoms with Crippen LogP contribution in [0.15, 0.2) is 12.1 Å². The van der Waals surface area contributed by atoms with Gasteiger partial charge in [-0.2, -0.15) is 13.2 Å². The standard InChI is InChI=1S/C12H17F3N4/c13-12(14,15)10-3-4-11(19-18-10)17-7-5-9-2-1-6-16-8-9/h3-4,9,16H,1-2,5-8H2,(H,17,19). The molecule has 106 valence electrons. The van der Waals surface area contributed by atoms with Crippen LogP contribution in [-0.4, -0.2) is 29.8 Å². The van der Waals surface area contributed by atoms with E-state index in [1.807, 2.05) is 0 Å². The number of hydrogen-bond acceptors (Lipinski definition) is 4.